The van der Waals surface area contributed by atoms with Gasteiger partial charge in [0.1, 0.15) is 11.5 Å². The third-order valence-corrected chi connectivity index (χ3v) is 9.27. The average molecular weight is 717 g/mol. The van der Waals surface area contributed by atoms with Gasteiger partial charge < -0.3 is 40.7 Å². The van der Waals surface area contributed by atoms with Gasteiger partial charge in [-0.2, -0.15) is 0 Å². The molecule has 52 heavy (non-hydrogen) atoms. The first kappa shape index (κ1) is 40.1. The van der Waals surface area contributed by atoms with Crippen LogP contribution in [0, 0.1) is 0 Å². The molecule has 0 atom stereocenters. The Balaban J connectivity index is 0.872. The number of hydrogen-bond donors (Lipinski definition) is 6. The van der Waals surface area contributed by atoms with Crippen LogP contribution in [0.4, 0.5) is 0 Å². The van der Waals surface area contributed by atoms with Crippen molar-refractivity contribution in [3.63, 3.8) is 0 Å². The zero-order chi connectivity index (χ0) is 37.0. The predicted molar refractivity (Wildman–Crippen MR) is 206 cm³/mol. The van der Waals surface area contributed by atoms with Crippen LogP contribution < -0.4 is 30.7 Å². The van der Waals surface area contributed by atoms with Gasteiger partial charge in [-0.3, -0.25) is 19.2 Å². The minimum absolute atomic E-state index is 0.369. The lowest BCUT2D eigenvalue weighted by Crippen LogP contribution is -2.33. The molecule has 0 saturated heterocycles. The van der Waals surface area contributed by atoms with E-state index in [2.05, 4.69) is 31.2 Å². The molecule has 0 bridgehead atoms. The number of methoxy groups -OCH3 is 2. The number of aromatic amines is 2. The maximum absolute atomic E-state index is 12.6. The van der Waals surface area contributed by atoms with Gasteiger partial charge in [-0.1, -0.05) is 51.4 Å². The zero-order valence-corrected chi connectivity index (χ0v) is 30.8. The van der Waals surface area contributed by atoms with Crippen LogP contribution in [0.25, 0.3) is 21.8 Å². The van der Waals surface area contributed by atoms with Crippen molar-refractivity contribution in [2.24, 2.45) is 0 Å². The minimum atomic E-state index is -0.581. The van der Waals surface area contributed by atoms with Crippen LogP contribution in [0.1, 0.15) is 97.8 Å². The van der Waals surface area contributed by atoms with Crippen molar-refractivity contribution in [2.45, 2.75) is 77.0 Å². The monoisotopic (exact) mass is 716 g/mol. The molecule has 2 amide bonds. The fourth-order valence-corrected chi connectivity index (χ4v) is 6.24. The van der Waals surface area contributed by atoms with Gasteiger partial charge in [-0.25, -0.2) is 0 Å². The Labute approximate surface area is 306 Å². The fourth-order valence-electron chi connectivity index (χ4n) is 6.24. The first-order chi connectivity index (χ1) is 25.4. The molecule has 0 radical (unpaired) electrons. The van der Waals surface area contributed by atoms with Crippen molar-refractivity contribution < 1.29 is 28.7 Å². The Morgan fingerprint density at radius 1 is 0.500 bits per heavy atom. The second kappa shape index (κ2) is 22.3. The zero-order valence-electron chi connectivity index (χ0n) is 30.8. The molecule has 0 aliphatic heterocycles. The van der Waals surface area contributed by atoms with Crippen LogP contribution in [-0.4, -0.2) is 86.8 Å². The van der Waals surface area contributed by atoms with Crippen LogP contribution in [-0.2, 0) is 9.59 Å². The van der Waals surface area contributed by atoms with E-state index in [-0.39, 0.29) is 0 Å². The number of fused-ring (bicyclic) bond motifs is 2. The lowest BCUT2D eigenvalue weighted by Gasteiger charge is -2.07. The summed E-state index contributed by atoms with van der Waals surface area (Å²) in [4.78, 5) is 56.0. The average Bonchev–Trinajstić information content (AvgIpc) is 3.79. The van der Waals surface area contributed by atoms with Gasteiger partial charge in [-0.05, 0) is 76.1 Å². The molecule has 0 unspecified atom stereocenters. The van der Waals surface area contributed by atoms with Gasteiger partial charge in [0.25, 0.3) is 23.4 Å². The van der Waals surface area contributed by atoms with E-state index in [1.807, 2.05) is 0 Å². The maximum atomic E-state index is 12.6. The molecule has 12 heteroatoms. The molecule has 282 valence electrons. The fraction of sp³-hybridized carbons (Fsp3) is 0.500. The second-order valence-electron chi connectivity index (χ2n) is 13.1. The maximum Gasteiger partial charge on any atom is 0.292 e. The topological polar surface area (TPSA) is 166 Å². The Morgan fingerprint density at radius 3 is 1.25 bits per heavy atom. The lowest BCUT2D eigenvalue weighted by atomic mass is 10.1. The highest BCUT2D eigenvalue weighted by Gasteiger charge is 2.21. The van der Waals surface area contributed by atoms with Crippen molar-refractivity contribution in [3.05, 3.63) is 59.9 Å². The first-order valence-electron chi connectivity index (χ1n) is 18.8. The number of nitrogens with one attached hydrogen (secondary N) is 6. The highest BCUT2D eigenvalue weighted by atomic mass is 16.5. The summed E-state index contributed by atoms with van der Waals surface area (Å²) in [6.07, 6.45) is 17.1. The van der Waals surface area contributed by atoms with Crippen molar-refractivity contribution in [3.8, 4) is 11.5 Å². The van der Waals surface area contributed by atoms with Gasteiger partial charge in [-0.15, -0.1) is 0 Å². The van der Waals surface area contributed by atoms with Gasteiger partial charge in [0.2, 0.25) is 0 Å². The summed E-state index contributed by atoms with van der Waals surface area (Å²) < 4.78 is 10.4. The van der Waals surface area contributed by atoms with Gasteiger partial charge in [0.15, 0.2) is 0 Å². The summed E-state index contributed by atoms with van der Waals surface area (Å²) >= 11 is 0. The van der Waals surface area contributed by atoms with E-state index in [1.165, 1.54) is 51.4 Å². The van der Waals surface area contributed by atoms with E-state index in [9.17, 15) is 19.2 Å². The molecule has 0 aliphatic carbocycles. The van der Waals surface area contributed by atoms with E-state index in [4.69, 9.17) is 9.47 Å². The molecule has 12 nitrogen and oxygen atoms in total. The Morgan fingerprint density at radius 2 is 0.865 bits per heavy atom. The number of H-pyrrole nitrogens is 2. The molecule has 0 aliphatic rings. The molecule has 0 spiro atoms. The van der Waals surface area contributed by atoms with Crippen molar-refractivity contribution in [1.82, 2.24) is 31.2 Å². The number of amides is 2. The SMILES string of the molecule is COc1ccc2c(C(=O)C(=O)NCCCNCCCCCCCCCCCCNCCCNC(=O)C(=O)c3c[nH]c4cc(OC)ccc34)c[nH]c2c1. The summed E-state index contributed by atoms with van der Waals surface area (Å²) in [5, 5.41) is 13.8. The van der Waals surface area contributed by atoms with Crippen LogP contribution in [0.2, 0.25) is 0 Å². The number of hydrogen-bond acceptors (Lipinski definition) is 8. The van der Waals surface area contributed by atoms with Gasteiger partial charge in [0.05, 0.1) is 25.3 Å². The summed E-state index contributed by atoms with van der Waals surface area (Å²) in [6.45, 7) is 4.47. The van der Waals surface area contributed by atoms with Crippen LogP contribution in [0.3, 0.4) is 0 Å². The minimum Gasteiger partial charge on any atom is -0.497 e. The van der Waals surface area contributed by atoms with E-state index >= 15 is 0 Å². The predicted octanol–water partition coefficient (Wildman–Crippen LogP) is 5.82. The molecule has 2 aromatic heterocycles. The van der Waals surface area contributed by atoms with Crippen molar-refractivity contribution >= 4 is 45.2 Å². The van der Waals surface area contributed by atoms with E-state index < -0.39 is 23.4 Å². The van der Waals surface area contributed by atoms with Crippen molar-refractivity contribution in [2.75, 3.05) is 53.5 Å². The quantitative estimate of drug-likeness (QED) is 0.0255. The Kier molecular flexibility index (Phi) is 17.2. The molecule has 2 aromatic carbocycles. The summed E-state index contributed by atoms with van der Waals surface area (Å²) in [5.74, 6) is -0.859. The number of carbonyl (C=O) groups is 4. The molecule has 2 heterocycles. The molecule has 0 saturated carbocycles. The van der Waals surface area contributed by atoms with E-state index in [1.54, 1.807) is 63.0 Å². The Bertz CT molecular complexity index is 1600. The number of unbranched alkanes of at least 4 members (excludes halogenated alkanes) is 9. The van der Waals surface area contributed by atoms with E-state index in [0.29, 0.717) is 46.5 Å². The second-order valence-corrected chi connectivity index (χ2v) is 13.1. The number of Topliss-reactive ketones (excluding diaryl/α,β-unsaturated/α-hetero) is 2. The highest BCUT2D eigenvalue weighted by molar-refractivity contribution is 6.45. The van der Waals surface area contributed by atoms with E-state index in [0.717, 1.165) is 62.9 Å². The van der Waals surface area contributed by atoms with Crippen molar-refractivity contribution in [1.29, 1.82) is 0 Å². The number of ketones is 2. The summed E-state index contributed by atoms with van der Waals surface area (Å²) in [7, 11) is 3.17. The number of carbonyl (C=O) groups excluding carboxylic acids is 4. The molecule has 0 fully saturated rings. The number of aromatic nitrogens is 2. The van der Waals surface area contributed by atoms with Gasteiger partial charge >= 0.3 is 0 Å². The van der Waals surface area contributed by atoms with Crippen LogP contribution >= 0.6 is 0 Å². The summed E-state index contributed by atoms with van der Waals surface area (Å²) in [5.41, 5.74) is 2.25. The number of ether oxygens (including phenoxy) is 2. The molecular weight excluding hydrogens is 660 g/mol. The number of benzene rings is 2. The first-order valence-corrected chi connectivity index (χ1v) is 18.8. The van der Waals surface area contributed by atoms with Gasteiger partial charge in [0, 0.05) is 59.4 Å². The largest absolute Gasteiger partial charge is 0.497 e. The highest BCUT2D eigenvalue weighted by Crippen LogP contribution is 2.24. The third-order valence-electron chi connectivity index (χ3n) is 9.27. The van der Waals surface area contributed by atoms with Crippen LogP contribution in [0.5, 0.6) is 11.5 Å². The smallest absolute Gasteiger partial charge is 0.292 e. The van der Waals surface area contributed by atoms with Crippen LogP contribution in [0.15, 0.2) is 48.8 Å². The summed E-state index contributed by atoms with van der Waals surface area (Å²) in [6, 6.07) is 10.7. The Hall–Kier alpha value is -4.68. The molecule has 6 N–H and O–H groups in total. The molecule has 4 rings (SSSR count). The lowest BCUT2D eigenvalue weighted by molar-refractivity contribution is -0.117. The normalized spacial score (nSPS) is 11.2. The molecular formula is C40H56N6O6. The standard InChI is InChI=1S/C40H56N6O6/c1-51-29-15-17-31-33(27-45-35(31)25-29)37(47)39(49)43-23-13-21-41-19-11-9-7-5-3-4-6-8-10-12-20-42-22-14-24-44-40(50)38(48)34-28-46-36-26-30(52-2)16-18-32(34)36/h15-18,25-28,41-42,45-46H,3-14,19-24H2,1-2H3,(H,43,49)(H,44,50). The molecule has 4 aromatic rings. The third kappa shape index (κ3) is 12.5. The number of rotatable bonds is 27.